The number of benzene rings is 3. The topological polar surface area (TPSA) is 84.9 Å². The number of carbonyl (C=O) groups excluding carboxylic acids is 1. The van der Waals surface area contributed by atoms with Crippen molar-refractivity contribution < 1.29 is 24.2 Å². The molecule has 3 unspecified atom stereocenters. The zero-order chi connectivity index (χ0) is 25.9. The zero-order valence-corrected chi connectivity index (χ0v) is 21.5. The monoisotopic (exact) mass is 519 g/mol. The molecular formula is C30H30ClNO5. The molecule has 192 valence electrons. The molecule has 1 aliphatic heterocycles. The van der Waals surface area contributed by atoms with E-state index >= 15 is 0 Å². The molecule has 3 aromatic rings. The average molecular weight is 520 g/mol. The molecule has 0 radical (unpaired) electrons. The number of halogens is 1. The second-order valence-corrected chi connectivity index (χ2v) is 10.3. The van der Waals surface area contributed by atoms with E-state index in [4.69, 9.17) is 21.1 Å². The SMILES string of the molecule is Cc1ccc(C2CCCC(NC(=O)c3ccc(Oc4cc5c(cc4Cl)C(C(=O)O)CCO5)cc3)C2)cc1. The lowest BCUT2D eigenvalue weighted by Gasteiger charge is -2.30. The Morgan fingerprint density at radius 2 is 1.78 bits per heavy atom. The molecule has 0 spiro atoms. The van der Waals surface area contributed by atoms with Crippen LogP contribution in [0.15, 0.2) is 60.7 Å². The van der Waals surface area contributed by atoms with E-state index in [9.17, 15) is 14.7 Å². The van der Waals surface area contributed by atoms with E-state index in [0.717, 1.165) is 25.7 Å². The largest absolute Gasteiger partial charge is 0.493 e. The van der Waals surface area contributed by atoms with Crippen molar-refractivity contribution in [3.05, 3.63) is 87.9 Å². The van der Waals surface area contributed by atoms with Crippen molar-refractivity contribution in [2.75, 3.05) is 6.61 Å². The van der Waals surface area contributed by atoms with Gasteiger partial charge in [-0.2, -0.15) is 0 Å². The summed E-state index contributed by atoms with van der Waals surface area (Å²) in [6, 6.07) is 19.0. The first-order valence-corrected chi connectivity index (χ1v) is 13.1. The lowest BCUT2D eigenvalue weighted by atomic mass is 9.81. The Labute approximate surface area is 221 Å². The minimum atomic E-state index is -0.901. The number of ether oxygens (including phenoxy) is 2. The fourth-order valence-electron chi connectivity index (χ4n) is 5.26. The maximum Gasteiger partial charge on any atom is 0.311 e. The van der Waals surface area contributed by atoms with E-state index in [2.05, 4.69) is 36.5 Å². The maximum atomic E-state index is 12.9. The highest BCUT2D eigenvalue weighted by Crippen LogP contribution is 2.42. The van der Waals surface area contributed by atoms with Gasteiger partial charge in [0, 0.05) is 23.2 Å². The molecule has 1 amide bonds. The van der Waals surface area contributed by atoms with Crippen molar-refractivity contribution in [1.29, 1.82) is 0 Å². The van der Waals surface area contributed by atoms with Crippen LogP contribution >= 0.6 is 11.6 Å². The molecule has 3 aromatic carbocycles. The molecule has 1 aliphatic carbocycles. The molecule has 3 atom stereocenters. The third-order valence-electron chi connectivity index (χ3n) is 7.30. The molecule has 2 aliphatic rings. The molecule has 0 bridgehead atoms. The number of rotatable bonds is 6. The number of hydrogen-bond acceptors (Lipinski definition) is 4. The number of aliphatic carboxylic acids is 1. The first-order valence-electron chi connectivity index (χ1n) is 12.7. The van der Waals surface area contributed by atoms with Crippen LogP contribution in [-0.4, -0.2) is 29.6 Å². The van der Waals surface area contributed by atoms with Crippen molar-refractivity contribution in [3.8, 4) is 17.2 Å². The predicted octanol–water partition coefficient (Wildman–Crippen LogP) is 6.85. The molecule has 1 heterocycles. The summed E-state index contributed by atoms with van der Waals surface area (Å²) in [5.74, 6) is 0.165. The molecule has 1 saturated carbocycles. The molecule has 5 rings (SSSR count). The van der Waals surface area contributed by atoms with Crippen LogP contribution in [0.1, 0.15) is 71.0 Å². The highest BCUT2D eigenvalue weighted by atomic mass is 35.5. The lowest BCUT2D eigenvalue weighted by Crippen LogP contribution is -2.37. The van der Waals surface area contributed by atoms with Gasteiger partial charge in [0.1, 0.15) is 17.2 Å². The predicted molar refractivity (Wildman–Crippen MR) is 142 cm³/mol. The molecular weight excluding hydrogens is 490 g/mol. The van der Waals surface area contributed by atoms with Gasteiger partial charge in [0.25, 0.3) is 5.91 Å². The summed E-state index contributed by atoms with van der Waals surface area (Å²) in [7, 11) is 0. The van der Waals surface area contributed by atoms with Gasteiger partial charge in [-0.1, -0.05) is 47.9 Å². The minimum absolute atomic E-state index is 0.0963. The number of carboxylic acids is 1. The van der Waals surface area contributed by atoms with Gasteiger partial charge in [-0.3, -0.25) is 9.59 Å². The summed E-state index contributed by atoms with van der Waals surface area (Å²) in [6.45, 7) is 2.41. The van der Waals surface area contributed by atoms with Crippen molar-refractivity contribution in [2.24, 2.45) is 0 Å². The Balaban J connectivity index is 1.22. The number of carbonyl (C=O) groups is 2. The first kappa shape index (κ1) is 25.2. The van der Waals surface area contributed by atoms with Gasteiger partial charge in [0.15, 0.2) is 0 Å². The van der Waals surface area contributed by atoms with Crippen molar-refractivity contribution in [1.82, 2.24) is 5.32 Å². The Kier molecular flexibility index (Phi) is 7.38. The van der Waals surface area contributed by atoms with Crippen molar-refractivity contribution in [3.63, 3.8) is 0 Å². The van der Waals surface area contributed by atoms with E-state index < -0.39 is 11.9 Å². The quantitative estimate of drug-likeness (QED) is 0.372. The highest BCUT2D eigenvalue weighted by molar-refractivity contribution is 6.32. The Bertz CT molecular complexity index is 1290. The third kappa shape index (κ3) is 5.75. The van der Waals surface area contributed by atoms with Crippen LogP contribution in [0.25, 0.3) is 0 Å². The fraction of sp³-hybridized carbons (Fsp3) is 0.333. The zero-order valence-electron chi connectivity index (χ0n) is 20.7. The van der Waals surface area contributed by atoms with Crippen LogP contribution in [0, 0.1) is 6.92 Å². The second-order valence-electron chi connectivity index (χ2n) is 9.92. The summed E-state index contributed by atoms with van der Waals surface area (Å²) in [6.07, 6.45) is 4.56. The van der Waals surface area contributed by atoms with E-state index in [-0.39, 0.29) is 11.9 Å². The third-order valence-corrected chi connectivity index (χ3v) is 7.60. The fourth-order valence-corrected chi connectivity index (χ4v) is 5.47. The molecule has 0 saturated heterocycles. The van der Waals surface area contributed by atoms with E-state index in [1.54, 1.807) is 36.4 Å². The number of fused-ring (bicyclic) bond motifs is 1. The Hall–Kier alpha value is -3.51. The normalized spacial score (nSPS) is 20.9. The van der Waals surface area contributed by atoms with Gasteiger partial charge in [0.2, 0.25) is 0 Å². The van der Waals surface area contributed by atoms with Gasteiger partial charge in [-0.05, 0) is 74.4 Å². The number of nitrogens with one attached hydrogen (secondary N) is 1. The molecule has 0 aromatic heterocycles. The molecule has 7 heteroatoms. The minimum Gasteiger partial charge on any atom is -0.493 e. The van der Waals surface area contributed by atoms with Crippen LogP contribution in [0.5, 0.6) is 17.2 Å². The summed E-state index contributed by atoms with van der Waals surface area (Å²) < 4.78 is 11.6. The molecule has 37 heavy (non-hydrogen) atoms. The smallest absolute Gasteiger partial charge is 0.311 e. The number of aryl methyl sites for hydroxylation is 1. The number of amides is 1. The number of hydrogen-bond donors (Lipinski definition) is 2. The Morgan fingerprint density at radius 3 is 2.51 bits per heavy atom. The summed E-state index contributed by atoms with van der Waals surface area (Å²) in [4.78, 5) is 24.5. The number of carboxylic acid groups (broad SMARTS) is 1. The van der Waals surface area contributed by atoms with Crippen LogP contribution in [0.3, 0.4) is 0 Å². The molecule has 6 nitrogen and oxygen atoms in total. The van der Waals surface area contributed by atoms with Gasteiger partial charge in [0.05, 0.1) is 17.5 Å². The van der Waals surface area contributed by atoms with E-state index in [1.807, 2.05) is 0 Å². The first-order chi connectivity index (χ1) is 17.9. The van der Waals surface area contributed by atoms with Crippen LogP contribution in [-0.2, 0) is 4.79 Å². The van der Waals surface area contributed by atoms with Gasteiger partial charge < -0.3 is 19.9 Å². The highest BCUT2D eigenvalue weighted by Gasteiger charge is 2.29. The van der Waals surface area contributed by atoms with Crippen molar-refractivity contribution in [2.45, 2.75) is 56.9 Å². The standard InChI is InChI=1S/C30H30ClNO5/c1-18-5-7-19(8-6-18)21-3-2-4-22(15-21)32-29(33)20-9-11-23(12-10-20)37-28-17-27-25(16-26(28)31)24(30(34)35)13-14-36-27/h5-12,16-17,21-22,24H,2-4,13-15H2,1H3,(H,32,33)(H,34,35). The van der Waals surface area contributed by atoms with E-state index in [1.165, 1.54) is 11.1 Å². The summed E-state index contributed by atoms with van der Waals surface area (Å²) >= 11 is 6.40. The summed E-state index contributed by atoms with van der Waals surface area (Å²) in [5.41, 5.74) is 3.71. The van der Waals surface area contributed by atoms with Crippen LogP contribution < -0.4 is 14.8 Å². The van der Waals surface area contributed by atoms with Gasteiger partial charge >= 0.3 is 5.97 Å². The van der Waals surface area contributed by atoms with Crippen LogP contribution in [0.4, 0.5) is 0 Å². The summed E-state index contributed by atoms with van der Waals surface area (Å²) in [5, 5.41) is 13.0. The lowest BCUT2D eigenvalue weighted by molar-refractivity contribution is -0.139. The van der Waals surface area contributed by atoms with E-state index in [0.29, 0.717) is 52.3 Å². The van der Waals surface area contributed by atoms with Crippen LogP contribution in [0.2, 0.25) is 5.02 Å². The second kappa shape index (κ2) is 10.9. The Morgan fingerprint density at radius 1 is 1.03 bits per heavy atom. The van der Waals surface area contributed by atoms with Gasteiger partial charge in [-0.25, -0.2) is 0 Å². The maximum absolute atomic E-state index is 12.9. The molecule has 1 fully saturated rings. The van der Waals surface area contributed by atoms with Gasteiger partial charge in [-0.15, -0.1) is 0 Å². The van der Waals surface area contributed by atoms with Crippen molar-refractivity contribution >= 4 is 23.5 Å². The average Bonchev–Trinajstić information content (AvgIpc) is 2.89. The molecule has 2 N–H and O–H groups in total.